The fourth-order valence-electron chi connectivity index (χ4n) is 2.49. The second-order valence-electron chi connectivity index (χ2n) is 5.55. The summed E-state index contributed by atoms with van der Waals surface area (Å²) in [6.07, 6.45) is 3.96. The zero-order chi connectivity index (χ0) is 12.0. The molecule has 0 saturated carbocycles. The topological polar surface area (TPSA) is 35.5 Å². The van der Waals surface area contributed by atoms with Crippen LogP contribution in [0.25, 0.3) is 0 Å². The Labute approximate surface area is 100 Å². The number of aliphatic hydroxyl groups is 1. The lowest BCUT2D eigenvalue weighted by molar-refractivity contribution is 0.186. The predicted molar refractivity (Wildman–Crippen MR) is 68.6 cm³/mol. The van der Waals surface area contributed by atoms with Crippen molar-refractivity contribution in [1.82, 2.24) is 10.2 Å². The Morgan fingerprint density at radius 1 is 1.44 bits per heavy atom. The first kappa shape index (κ1) is 13.9. The van der Waals surface area contributed by atoms with Gasteiger partial charge in [-0.05, 0) is 51.2 Å². The van der Waals surface area contributed by atoms with Gasteiger partial charge in [0.25, 0.3) is 0 Å². The van der Waals surface area contributed by atoms with Gasteiger partial charge in [-0.25, -0.2) is 0 Å². The molecular formula is C13H28N2O. The molecule has 0 radical (unpaired) electrons. The highest BCUT2D eigenvalue weighted by Gasteiger charge is 2.17. The number of likely N-dealkylation sites (tertiary alicyclic amines) is 1. The Balaban J connectivity index is 2.14. The molecule has 1 saturated heterocycles. The number of aliphatic hydroxyl groups excluding tert-OH is 1. The van der Waals surface area contributed by atoms with Crippen molar-refractivity contribution in [2.75, 3.05) is 33.3 Å². The van der Waals surface area contributed by atoms with Gasteiger partial charge in [0.15, 0.2) is 0 Å². The summed E-state index contributed by atoms with van der Waals surface area (Å²) in [6.45, 7) is 8.11. The second kappa shape index (κ2) is 7.25. The van der Waals surface area contributed by atoms with E-state index in [2.05, 4.69) is 31.1 Å². The number of piperidine rings is 1. The van der Waals surface area contributed by atoms with Crippen LogP contribution in [0.4, 0.5) is 0 Å². The van der Waals surface area contributed by atoms with Crippen molar-refractivity contribution in [2.45, 2.75) is 39.2 Å². The summed E-state index contributed by atoms with van der Waals surface area (Å²) in [5.41, 5.74) is 0. The summed E-state index contributed by atoms with van der Waals surface area (Å²) in [5, 5.41) is 12.7. The number of nitrogens with zero attached hydrogens (tertiary/aromatic N) is 1. The smallest absolute Gasteiger partial charge is 0.0587 e. The van der Waals surface area contributed by atoms with Crippen molar-refractivity contribution in [1.29, 1.82) is 0 Å². The van der Waals surface area contributed by atoms with Gasteiger partial charge in [0.2, 0.25) is 0 Å². The molecule has 1 fully saturated rings. The van der Waals surface area contributed by atoms with E-state index in [-0.39, 0.29) is 12.6 Å². The van der Waals surface area contributed by atoms with E-state index in [0.29, 0.717) is 5.92 Å². The number of nitrogens with one attached hydrogen (secondary N) is 1. The van der Waals surface area contributed by atoms with Crippen LogP contribution in [0.1, 0.15) is 33.1 Å². The Kier molecular flexibility index (Phi) is 6.32. The molecule has 1 aliphatic rings. The van der Waals surface area contributed by atoms with Crippen LogP contribution < -0.4 is 5.32 Å². The maximum absolute atomic E-state index is 9.20. The molecule has 96 valence electrons. The predicted octanol–water partition coefficient (Wildman–Crippen LogP) is 1.32. The highest BCUT2D eigenvalue weighted by Crippen LogP contribution is 2.17. The molecule has 16 heavy (non-hydrogen) atoms. The van der Waals surface area contributed by atoms with E-state index in [1.165, 1.54) is 32.4 Å². The second-order valence-corrected chi connectivity index (χ2v) is 5.55. The van der Waals surface area contributed by atoms with E-state index in [0.717, 1.165) is 12.5 Å². The van der Waals surface area contributed by atoms with Gasteiger partial charge in [0, 0.05) is 12.6 Å². The quantitative estimate of drug-likeness (QED) is 0.720. The molecule has 0 bridgehead atoms. The van der Waals surface area contributed by atoms with Gasteiger partial charge in [0.05, 0.1) is 6.61 Å². The molecule has 0 spiro atoms. The summed E-state index contributed by atoms with van der Waals surface area (Å²) < 4.78 is 0. The van der Waals surface area contributed by atoms with Crippen LogP contribution in [-0.2, 0) is 0 Å². The SMILES string of the molecule is CC(C)C(CO)NCCC1CCCN(C)C1. The van der Waals surface area contributed by atoms with Gasteiger partial charge < -0.3 is 15.3 Å². The molecule has 0 aromatic heterocycles. The molecule has 1 heterocycles. The van der Waals surface area contributed by atoms with Crippen LogP contribution in [0.5, 0.6) is 0 Å². The summed E-state index contributed by atoms with van der Waals surface area (Å²) >= 11 is 0. The summed E-state index contributed by atoms with van der Waals surface area (Å²) in [6, 6.07) is 0.265. The minimum atomic E-state index is 0.252. The number of hydrogen-bond donors (Lipinski definition) is 2. The highest BCUT2D eigenvalue weighted by molar-refractivity contribution is 4.74. The lowest BCUT2D eigenvalue weighted by Gasteiger charge is -2.30. The molecule has 0 aromatic rings. The fraction of sp³-hybridized carbons (Fsp3) is 1.00. The van der Waals surface area contributed by atoms with Crippen molar-refractivity contribution in [3.8, 4) is 0 Å². The van der Waals surface area contributed by atoms with E-state index in [9.17, 15) is 5.11 Å². The van der Waals surface area contributed by atoms with Crippen LogP contribution >= 0.6 is 0 Å². The summed E-state index contributed by atoms with van der Waals surface area (Å²) in [7, 11) is 2.21. The Bertz CT molecular complexity index is 185. The molecule has 2 atom stereocenters. The van der Waals surface area contributed by atoms with Gasteiger partial charge in [-0.15, -0.1) is 0 Å². The Morgan fingerprint density at radius 2 is 2.19 bits per heavy atom. The molecule has 0 amide bonds. The lowest BCUT2D eigenvalue weighted by Crippen LogP contribution is -2.39. The van der Waals surface area contributed by atoms with Crippen LogP contribution in [0.3, 0.4) is 0 Å². The molecule has 3 nitrogen and oxygen atoms in total. The Morgan fingerprint density at radius 3 is 2.75 bits per heavy atom. The van der Waals surface area contributed by atoms with Crippen molar-refractivity contribution in [2.24, 2.45) is 11.8 Å². The molecule has 1 aliphatic heterocycles. The molecule has 2 N–H and O–H groups in total. The average Bonchev–Trinajstić information content (AvgIpc) is 2.24. The largest absolute Gasteiger partial charge is 0.395 e. The monoisotopic (exact) mass is 228 g/mol. The maximum Gasteiger partial charge on any atom is 0.0587 e. The van der Waals surface area contributed by atoms with E-state index in [4.69, 9.17) is 0 Å². The molecule has 1 rings (SSSR count). The number of hydrogen-bond acceptors (Lipinski definition) is 3. The van der Waals surface area contributed by atoms with Crippen LogP contribution in [0, 0.1) is 11.8 Å². The van der Waals surface area contributed by atoms with Crippen LogP contribution in [0.15, 0.2) is 0 Å². The summed E-state index contributed by atoms with van der Waals surface area (Å²) in [4.78, 5) is 2.43. The standard InChI is InChI=1S/C13H28N2O/c1-11(2)13(10-16)14-7-6-12-5-4-8-15(3)9-12/h11-14,16H,4-10H2,1-3H3. The van der Waals surface area contributed by atoms with E-state index in [1.54, 1.807) is 0 Å². The molecule has 0 aromatic carbocycles. The average molecular weight is 228 g/mol. The first-order valence-corrected chi connectivity index (χ1v) is 6.66. The third-order valence-electron chi connectivity index (χ3n) is 3.68. The van der Waals surface area contributed by atoms with E-state index < -0.39 is 0 Å². The maximum atomic E-state index is 9.20. The minimum absolute atomic E-state index is 0.252. The van der Waals surface area contributed by atoms with E-state index in [1.807, 2.05) is 0 Å². The van der Waals surface area contributed by atoms with E-state index >= 15 is 0 Å². The van der Waals surface area contributed by atoms with Crippen molar-refractivity contribution >= 4 is 0 Å². The molecule has 3 heteroatoms. The molecule has 2 unspecified atom stereocenters. The first-order chi connectivity index (χ1) is 7.63. The van der Waals surface area contributed by atoms with Crippen LogP contribution in [-0.4, -0.2) is 49.3 Å². The van der Waals surface area contributed by atoms with Gasteiger partial charge in [0.1, 0.15) is 0 Å². The minimum Gasteiger partial charge on any atom is -0.395 e. The first-order valence-electron chi connectivity index (χ1n) is 6.66. The third kappa shape index (κ3) is 4.81. The Hall–Kier alpha value is -0.120. The van der Waals surface area contributed by atoms with Crippen molar-refractivity contribution in [3.05, 3.63) is 0 Å². The fourth-order valence-corrected chi connectivity index (χ4v) is 2.49. The lowest BCUT2D eigenvalue weighted by atomic mass is 9.95. The zero-order valence-electron chi connectivity index (χ0n) is 11.1. The molecule has 0 aliphatic carbocycles. The zero-order valence-corrected chi connectivity index (χ0v) is 11.1. The van der Waals surface area contributed by atoms with Crippen molar-refractivity contribution in [3.63, 3.8) is 0 Å². The number of rotatable bonds is 6. The third-order valence-corrected chi connectivity index (χ3v) is 3.68. The molecular weight excluding hydrogens is 200 g/mol. The van der Waals surface area contributed by atoms with Gasteiger partial charge in [-0.2, -0.15) is 0 Å². The highest BCUT2D eigenvalue weighted by atomic mass is 16.3. The summed E-state index contributed by atoms with van der Waals surface area (Å²) in [5.74, 6) is 1.36. The van der Waals surface area contributed by atoms with Gasteiger partial charge in [-0.3, -0.25) is 0 Å². The van der Waals surface area contributed by atoms with Gasteiger partial charge >= 0.3 is 0 Å². The van der Waals surface area contributed by atoms with Crippen molar-refractivity contribution < 1.29 is 5.11 Å². The normalized spacial score (nSPS) is 24.9. The van der Waals surface area contributed by atoms with Gasteiger partial charge in [-0.1, -0.05) is 13.8 Å². The van der Waals surface area contributed by atoms with Crippen LogP contribution in [0.2, 0.25) is 0 Å².